The maximum absolute atomic E-state index is 13.7. The van der Waals surface area contributed by atoms with Crippen LogP contribution in [0.4, 0.5) is 11.4 Å². The molecule has 1 atom stereocenters. The van der Waals surface area contributed by atoms with E-state index in [9.17, 15) is 30.7 Å². The lowest BCUT2D eigenvalue weighted by Crippen LogP contribution is -2.30. The van der Waals surface area contributed by atoms with Gasteiger partial charge in [0.05, 0.1) is 22.0 Å². The summed E-state index contributed by atoms with van der Waals surface area (Å²) in [5.74, 6) is -0.353. The Morgan fingerprint density at radius 1 is 0.712 bits per heavy atom. The van der Waals surface area contributed by atoms with Gasteiger partial charge in [-0.05, 0) is 67.4 Å². The lowest BCUT2D eigenvalue weighted by Gasteiger charge is -2.15. The highest BCUT2D eigenvalue weighted by atomic mass is 32.2. The molecule has 14 heteroatoms. The Morgan fingerprint density at radius 3 is 1.81 bits per heavy atom. The first kappa shape index (κ1) is 40.8. The van der Waals surface area contributed by atoms with Crippen LogP contribution in [0.2, 0.25) is 0 Å². The Morgan fingerprint density at radius 2 is 1.27 bits per heavy atom. The Hall–Kier alpha value is -3.98. The van der Waals surface area contributed by atoms with Crippen LogP contribution in [0.3, 0.4) is 0 Å². The van der Waals surface area contributed by atoms with Crippen molar-refractivity contribution in [3.63, 3.8) is 0 Å². The van der Waals surface area contributed by atoms with Gasteiger partial charge in [-0.1, -0.05) is 115 Å². The van der Waals surface area contributed by atoms with Gasteiger partial charge in [0.2, 0.25) is 0 Å². The number of hydrogen-bond acceptors (Lipinski definition) is 9. The van der Waals surface area contributed by atoms with Crippen molar-refractivity contribution in [3.05, 3.63) is 72.8 Å². The summed E-state index contributed by atoms with van der Waals surface area (Å²) in [7, 11) is -9.15. The minimum atomic E-state index is -4.76. The van der Waals surface area contributed by atoms with Crippen molar-refractivity contribution in [2.45, 2.75) is 125 Å². The summed E-state index contributed by atoms with van der Waals surface area (Å²) < 4.78 is 72.6. The minimum absolute atomic E-state index is 0.0854. The van der Waals surface area contributed by atoms with Crippen LogP contribution in [0.15, 0.2) is 97.9 Å². The molecule has 0 aromatic heterocycles. The van der Waals surface area contributed by atoms with E-state index in [-0.39, 0.29) is 22.0 Å². The zero-order chi connectivity index (χ0) is 37.4. The van der Waals surface area contributed by atoms with Gasteiger partial charge in [-0.25, -0.2) is 0 Å². The number of carbonyl (C=O) groups excluding carboxylic acids is 1. The smallest absolute Gasteiger partial charge is 0.298 e. The number of amides is 1. The summed E-state index contributed by atoms with van der Waals surface area (Å²) in [5.41, 5.74) is 0.777. The van der Waals surface area contributed by atoms with Gasteiger partial charge in [0.1, 0.15) is 16.4 Å². The molecule has 0 saturated carbocycles. The number of benzene rings is 3. The van der Waals surface area contributed by atoms with Crippen LogP contribution < -0.4 is 9.75 Å². The molecule has 4 rings (SSSR count). The maximum Gasteiger partial charge on any atom is 0.298 e. The molecule has 0 aliphatic carbocycles. The number of hydrazone groups is 1. The summed E-state index contributed by atoms with van der Waals surface area (Å²) >= 11 is 0. The second-order valence-corrected chi connectivity index (χ2v) is 15.9. The van der Waals surface area contributed by atoms with Crippen molar-refractivity contribution in [2.24, 2.45) is 15.3 Å². The van der Waals surface area contributed by atoms with Gasteiger partial charge in [0.25, 0.3) is 26.1 Å². The number of ether oxygens (including phenoxy) is 1. The third-order valence-electron chi connectivity index (χ3n) is 8.87. The molecule has 0 radical (unpaired) electrons. The molecule has 12 nitrogen and oxygen atoms in total. The quantitative estimate of drug-likeness (QED) is 0.0546. The van der Waals surface area contributed by atoms with Crippen molar-refractivity contribution >= 4 is 43.2 Å². The van der Waals surface area contributed by atoms with Crippen LogP contribution >= 0.6 is 0 Å². The fourth-order valence-corrected chi connectivity index (χ4v) is 7.11. The highest BCUT2D eigenvalue weighted by Gasteiger charge is 2.37. The molecule has 52 heavy (non-hydrogen) atoms. The molecule has 1 amide bonds. The average molecular weight is 755 g/mol. The van der Waals surface area contributed by atoms with E-state index in [0.29, 0.717) is 17.9 Å². The topological polar surface area (TPSA) is 175 Å². The van der Waals surface area contributed by atoms with Gasteiger partial charge in [0, 0.05) is 0 Å². The molecule has 1 unspecified atom stereocenters. The second-order valence-electron chi connectivity index (χ2n) is 13.0. The molecule has 0 spiro atoms. The Labute approximate surface area is 307 Å². The number of unbranched alkanes of at least 4 members (excludes halogenated alkanes) is 14. The van der Waals surface area contributed by atoms with Gasteiger partial charge in [0.15, 0.2) is 6.04 Å². The van der Waals surface area contributed by atoms with E-state index in [1.54, 1.807) is 30.3 Å². The van der Waals surface area contributed by atoms with Crippen LogP contribution in [0.1, 0.15) is 110 Å². The van der Waals surface area contributed by atoms with Crippen molar-refractivity contribution in [2.75, 3.05) is 5.01 Å². The fraction of sp³-hybridized carbons (Fsp3) is 0.474. The number of hydrogen-bond donors (Lipinski definition) is 2. The van der Waals surface area contributed by atoms with Crippen LogP contribution in [-0.2, 0) is 25.0 Å². The Balaban J connectivity index is 1.39. The number of azo groups is 1. The fourth-order valence-electron chi connectivity index (χ4n) is 6.00. The highest BCUT2D eigenvalue weighted by molar-refractivity contribution is 7.86. The standard InChI is InChI=1S/C38H50N4O8S2/c1-2-3-4-5-6-7-8-9-10-11-12-13-14-15-19-22-34-37(40-39-30-23-26-33(27-24-30)51(44,45)46)38(43)42(41-34)31-25-28-35(36(29-31)52(47,48)49)50-32-20-17-16-18-21-32/h16-18,20-21,23-29,37H,2-15,19,22H2,1H3,(H,44,45,46)(H,47,48,49). The first-order valence-corrected chi connectivity index (χ1v) is 21.1. The molecule has 3 aromatic rings. The van der Waals surface area contributed by atoms with E-state index < -0.39 is 37.1 Å². The largest absolute Gasteiger partial charge is 0.456 e. The normalized spacial score (nSPS) is 15.1. The summed E-state index contributed by atoms with van der Waals surface area (Å²) in [6.07, 6.45) is 18.7. The number of carbonyl (C=O) groups is 1. The SMILES string of the molecule is CCCCCCCCCCCCCCCCCC1=NN(c2ccc(Oc3ccccc3)c(S(=O)(=O)O)c2)C(=O)C1N=Nc1ccc(S(=O)(=O)O)cc1. The van der Waals surface area contributed by atoms with Gasteiger partial charge in [-0.2, -0.15) is 37.2 Å². The van der Waals surface area contributed by atoms with Crippen molar-refractivity contribution in [1.29, 1.82) is 0 Å². The average Bonchev–Trinajstić information content (AvgIpc) is 3.43. The molecular weight excluding hydrogens is 705 g/mol. The molecule has 0 saturated heterocycles. The molecule has 1 aliphatic rings. The third kappa shape index (κ3) is 12.9. The van der Waals surface area contributed by atoms with Crippen molar-refractivity contribution in [3.8, 4) is 11.5 Å². The minimum Gasteiger partial charge on any atom is -0.456 e. The lowest BCUT2D eigenvalue weighted by atomic mass is 10.0. The van der Waals surface area contributed by atoms with E-state index in [0.717, 1.165) is 36.8 Å². The van der Waals surface area contributed by atoms with Crippen LogP contribution in [0.25, 0.3) is 0 Å². The Kier molecular flexibility index (Phi) is 15.9. The monoisotopic (exact) mass is 754 g/mol. The first-order chi connectivity index (χ1) is 25.0. The zero-order valence-electron chi connectivity index (χ0n) is 29.8. The number of nitrogens with zero attached hydrogens (tertiary/aromatic N) is 4. The number of para-hydroxylation sites is 1. The van der Waals surface area contributed by atoms with Gasteiger partial charge >= 0.3 is 0 Å². The van der Waals surface area contributed by atoms with Gasteiger partial charge in [-0.3, -0.25) is 13.9 Å². The Bertz CT molecular complexity index is 1870. The molecule has 282 valence electrons. The van der Waals surface area contributed by atoms with Crippen molar-refractivity contribution in [1.82, 2.24) is 0 Å². The van der Waals surface area contributed by atoms with E-state index in [2.05, 4.69) is 22.3 Å². The van der Waals surface area contributed by atoms with Crippen LogP contribution in [-0.4, -0.2) is 43.6 Å². The van der Waals surface area contributed by atoms with Crippen LogP contribution in [0, 0.1) is 0 Å². The van der Waals surface area contributed by atoms with E-state index in [1.807, 2.05) is 0 Å². The highest BCUT2D eigenvalue weighted by Crippen LogP contribution is 2.34. The summed E-state index contributed by atoms with van der Waals surface area (Å²) in [5, 5.41) is 14.0. The molecule has 2 N–H and O–H groups in total. The van der Waals surface area contributed by atoms with E-state index in [4.69, 9.17) is 4.74 Å². The summed E-state index contributed by atoms with van der Waals surface area (Å²) in [6.45, 7) is 2.24. The predicted octanol–water partition coefficient (Wildman–Crippen LogP) is 10.1. The lowest BCUT2D eigenvalue weighted by molar-refractivity contribution is -0.117. The third-order valence-corrected chi connectivity index (χ3v) is 10.6. The molecule has 1 heterocycles. The first-order valence-electron chi connectivity index (χ1n) is 18.2. The van der Waals surface area contributed by atoms with Gasteiger partial charge in [-0.15, -0.1) is 0 Å². The van der Waals surface area contributed by atoms with E-state index >= 15 is 0 Å². The summed E-state index contributed by atoms with van der Waals surface area (Å²) in [4.78, 5) is 12.9. The second kappa shape index (κ2) is 20.3. The predicted molar refractivity (Wildman–Crippen MR) is 202 cm³/mol. The molecule has 3 aromatic carbocycles. The van der Waals surface area contributed by atoms with Crippen LogP contribution in [0.5, 0.6) is 11.5 Å². The van der Waals surface area contributed by atoms with Gasteiger partial charge < -0.3 is 4.74 Å². The molecule has 1 aliphatic heterocycles. The molecular formula is C38H50N4O8S2. The zero-order valence-corrected chi connectivity index (χ0v) is 31.4. The molecule has 0 fully saturated rings. The molecule has 0 bridgehead atoms. The number of anilines is 1. The van der Waals surface area contributed by atoms with E-state index in [1.165, 1.54) is 107 Å². The summed E-state index contributed by atoms with van der Waals surface area (Å²) in [6, 6.07) is 16.3. The maximum atomic E-state index is 13.7. The number of rotatable bonds is 23. The van der Waals surface area contributed by atoms with Crippen molar-refractivity contribution < 1.29 is 35.5 Å².